The highest BCUT2D eigenvalue weighted by Crippen LogP contribution is 2.52. The third-order valence-electron chi connectivity index (χ3n) is 6.73. The SMILES string of the molecule is CC1(C)CC2CC(C)(CN2C(=O)c2cc(-c3ccccc3)nn2-c2cccc(Cl)c2)C1. The summed E-state index contributed by atoms with van der Waals surface area (Å²) in [5.41, 5.74) is 3.62. The predicted molar refractivity (Wildman–Crippen MR) is 125 cm³/mol. The molecule has 1 aliphatic heterocycles. The number of benzene rings is 2. The average molecular weight is 434 g/mol. The van der Waals surface area contributed by atoms with E-state index in [1.807, 2.05) is 60.7 Å². The van der Waals surface area contributed by atoms with Crippen molar-refractivity contribution in [1.29, 1.82) is 0 Å². The molecular formula is C26H28ClN3O. The molecular weight excluding hydrogens is 406 g/mol. The highest BCUT2D eigenvalue weighted by molar-refractivity contribution is 6.30. The van der Waals surface area contributed by atoms with Gasteiger partial charge >= 0.3 is 0 Å². The molecule has 1 aliphatic carbocycles. The molecule has 0 N–H and O–H groups in total. The molecule has 5 rings (SSSR count). The van der Waals surface area contributed by atoms with Gasteiger partial charge in [0, 0.05) is 23.2 Å². The summed E-state index contributed by atoms with van der Waals surface area (Å²) in [4.78, 5) is 16.0. The van der Waals surface area contributed by atoms with Crippen LogP contribution >= 0.6 is 11.6 Å². The molecule has 31 heavy (non-hydrogen) atoms. The predicted octanol–water partition coefficient (Wildman–Crippen LogP) is 6.23. The maximum Gasteiger partial charge on any atom is 0.272 e. The van der Waals surface area contributed by atoms with Gasteiger partial charge in [-0.2, -0.15) is 5.10 Å². The van der Waals surface area contributed by atoms with Gasteiger partial charge in [0.25, 0.3) is 5.91 Å². The van der Waals surface area contributed by atoms with E-state index in [1.165, 1.54) is 0 Å². The van der Waals surface area contributed by atoms with Crippen molar-refractivity contribution in [2.24, 2.45) is 10.8 Å². The molecule has 0 spiro atoms. The number of aromatic nitrogens is 2. The first kappa shape index (κ1) is 20.3. The van der Waals surface area contributed by atoms with Gasteiger partial charge in [-0.25, -0.2) is 4.68 Å². The van der Waals surface area contributed by atoms with Gasteiger partial charge in [-0.1, -0.05) is 68.8 Å². The second-order valence-electron chi connectivity index (χ2n) is 10.3. The number of halogens is 1. The first-order chi connectivity index (χ1) is 14.7. The fraction of sp³-hybridized carbons (Fsp3) is 0.385. The minimum absolute atomic E-state index is 0.0566. The standard InChI is InChI=1S/C26H28ClN3O/c1-25(2)14-21-15-26(3,16-25)17-29(21)24(31)23-13-22(18-8-5-4-6-9-18)28-30(23)20-11-7-10-19(27)12-20/h4-13,21H,14-17H2,1-3H3. The Morgan fingerprint density at radius 1 is 1.03 bits per heavy atom. The van der Waals surface area contributed by atoms with Crippen LogP contribution in [0.5, 0.6) is 0 Å². The first-order valence-corrected chi connectivity index (χ1v) is 11.3. The summed E-state index contributed by atoms with van der Waals surface area (Å²) in [6, 6.07) is 19.7. The van der Waals surface area contributed by atoms with Crippen molar-refractivity contribution >= 4 is 17.5 Å². The monoisotopic (exact) mass is 433 g/mol. The number of fused-ring (bicyclic) bond motifs is 2. The molecule has 2 heterocycles. The molecule has 1 saturated heterocycles. The molecule has 3 aromatic rings. The van der Waals surface area contributed by atoms with E-state index < -0.39 is 0 Å². The Labute approximate surface area is 188 Å². The number of amides is 1. The summed E-state index contributed by atoms with van der Waals surface area (Å²) < 4.78 is 1.76. The number of hydrogen-bond donors (Lipinski definition) is 0. The zero-order valence-corrected chi connectivity index (χ0v) is 19.1. The lowest BCUT2D eigenvalue weighted by Gasteiger charge is -2.39. The maximum absolute atomic E-state index is 13.9. The minimum Gasteiger partial charge on any atom is -0.334 e. The van der Waals surface area contributed by atoms with Crippen LogP contribution in [-0.2, 0) is 0 Å². The van der Waals surface area contributed by atoms with E-state index in [4.69, 9.17) is 16.7 Å². The van der Waals surface area contributed by atoms with Crippen LogP contribution in [0.3, 0.4) is 0 Å². The second kappa shape index (κ2) is 7.23. The number of hydrogen-bond acceptors (Lipinski definition) is 2. The Balaban J connectivity index is 1.58. The van der Waals surface area contributed by atoms with Gasteiger partial charge in [0.2, 0.25) is 0 Å². The topological polar surface area (TPSA) is 38.1 Å². The summed E-state index contributed by atoms with van der Waals surface area (Å²) in [5, 5.41) is 5.45. The molecule has 160 valence electrons. The summed E-state index contributed by atoms with van der Waals surface area (Å²) in [7, 11) is 0. The van der Waals surface area contributed by atoms with Crippen molar-refractivity contribution in [3.05, 3.63) is 71.4 Å². The smallest absolute Gasteiger partial charge is 0.272 e. The van der Waals surface area contributed by atoms with Gasteiger partial charge in [0.1, 0.15) is 5.69 Å². The molecule has 2 unspecified atom stereocenters. The lowest BCUT2D eigenvalue weighted by Crippen LogP contribution is -2.38. The van der Waals surface area contributed by atoms with Gasteiger partial charge in [-0.15, -0.1) is 0 Å². The van der Waals surface area contributed by atoms with Gasteiger partial charge in [0.05, 0.1) is 11.4 Å². The van der Waals surface area contributed by atoms with E-state index in [-0.39, 0.29) is 22.8 Å². The van der Waals surface area contributed by atoms with Crippen LogP contribution in [0.15, 0.2) is 60.7 Å². The van der Waals surface area contributed by atoms with E-state index in [0.717, 1.165) is 42.8 Å². The molecule has 4 nitrogen and oxygen atoms in total. The van der Waals surface area contributed by atoms with Crippen LogP contribution in [0.4, 0.5) is 0 Å². The van der Waals surface area contributed by atoms with Gasteiger partial charge in [-0.3, -0.25) is 4.79 Å². The number of nitrogens with zero attached hydrogens (tertiary/aromatic N) is 3. The number of carbonyl (C=O) groups excluding carboxylic acids is 1. The zero-order valence-electron chi connectivity index (χ0n) is 18.3. The Hall–Kier alpha value is -2.59. The van der Waals surface area contributed by atoms with E-state index in [0.29, 0.717) is 10.7 Å². The van der Waals surface area contributed by atoms with Crippen LogP contribution in [0.1, 0.15) is 50.5 Å². The van der Waals surface area contributed by atoms with E-state index >= 15 is 0 Å². The number of carbonyl (C=O) groups is 1. The molecule has 1 amide bonds. The quantitative estimate of drug-likeness (QED) is 0.490. The Kier molecular flexibility index (Phi) is 4.74. The molecule has 2 fully saturated rings. The molecule has 2 aliphatic rings. The fourth-order valence-electron chi connectivity index (χ4n) is 5.93. The van der Waals surface area contributed by atoms with E-state index in [2.05, 4.69) is 25.7 Å². The van der Waals surface area contributed by atoms with Crippen LogP contribution in [0.2, 0.25) is 5.02 Å². The van der Waals surface area contributed by atoms with Crippen molar-refractivity contribution in [3.63, 3.8) is 0 Å². The van der Waals surface area contributed by atoms with E-state index in [9.17, 15) is 4.79 Å². The summed E-state index contributed by atoms with van der Waals surface area (Å²) in [5.74, 6) is 0.0566. The molecule has 2 atom stereocenters. The van der Waals surface area contributed by atoms with Crippen molar-refractivity contribution in [2.45, 2.75) is 46.1 Å². The normalized spacial score (nSPS) is 24.4. The summed E-state index contributed by atoms with van der Waals surface area (Å²) in [6.07, 6.45) is 3.29. The lowest BCUT2D eigenvalue weighted by atomic mass is 9.65. The Morgan fingerprint density at radius 3 is 2.55 bits per heavy atom. The molecule has 2 bridgehead atoms. The highest BCUT2D eigenvalue weighted by atomic mass is 35.5. The average Bonchev–Trinajstić information content (AvgIpc) is 3.26. The van der Waals surface area contributed by atoms with Crippen LogP contribution < -0.4 is 0 Å². The Bertz CT molecular complexity index is 1140. The van der Waals surface area contributed by atoms with Crippen molar-refractivity contribution in [2.75, 3.05) is 6.54 Å². The minimum atomic E-state index is 0.0566. The third kappa shape index (κ3) is 3.78. The Morgan fingerprint density at radius 2 is 1.81 bits per heavy atom. The van der Waals surface area contributed by atoms with Crippen molar-refractivity contribution in [3.8, 4) is 16.9 Å². The maximum atomic E-state index is 13.9. The number of rotatable bonds is 3. The zero-order chi connectivity index (χ0) is 21.8. The van der Waals surface area contributed by atoms with Gasteiger partial charge < -0.3 is 4.90 Å². The lowest BCUT2D eigenvalue weighted by molar-refractivity contribution is 0.0699. The summed E-state index contributed by atoms with van der Waals surface area (Å²) >= 11 is 6.26. The van der Waals surface area contributed by atoms with Crippen LogP contribution in [-0.4, -0.2) is 33.2 Å². The van der Waals surface area contributed by atoms with Crippen molar-refractivity contribution < 1.29 is 4.79 Å². The third-order valence-corrected chi connectivity index (χ3v) is 6.96. The van der Waals surface area contributed by atoms with Crippen LogP contribution in [0, 0.1) is 10.8 Å². The molecule has 5 heteroatoms. The molecule has 1 aromatic heterocycles. The van der Waals surface area contributed by atoms with Gasteiger partial charge in [0.15, 0.2) is 0 Å². The first-order valence-electron chi connectivity index (χ1n) is 11.0. The number of likely N-dealkylation sites (tertiary alicyclic amines) is 1. The van der Waals surface area contributed by atoms with Crippen LogP contribution in [0.25, 0.3) is 16.9 Å². The fourth-order valence-corrected chi connectivity index (χ4v) is 6.12. The molecule has 2 aromatic carbocycles. The molecule has 0 radical (unpaired) electrons. The largest absolute Gasteiger partial charge is 0.334 e. The van der Waals surface area contributed by atoms with Gasteiger partial charge in [-0.05, 0) is 54.4 Å². The summed E-state index contributed by atoms with van der Waals surface area (Å²) in [6.45, 7) is 7.80. The highest BCUT2D eigenvalue weighted by Gasteiger charge is 2.51. The molecule has 1 saturated carbocycles. The second-order valence-corrected chi connectivity index (χ2v) is 10.8. The van der Waals surface area contributed by atoms with E-state index in [1.54, 1.807) is 4.68 Å². The van der Waals surface area contributed by atoms with Crippen molar-refractivity contribution in [1.82, 2.24) is 14.7 Å².